The third-order valence-electron chi connectivity index (χ3n) is 2.32. The molecule has 0 saturated carbocycles. The van der Waals surface area contributed by atoms with E-state index in [2.05, 4.69) is 5.32 Å². The fraction of sp³-hybridized carbons (Fsp3) is 0.364. The summed E-state index contributed by atoms with van der Waals surface area (Å²) in [5, 5.41) is 13.7. The normalized spacial score (nSPS) is 9.94. The number of nitrogens with one attached hydrogen (secondary N) is 1. The number of nitro benzene ring substituents is 1. The lowest BCUT2D eigenvalue weighted by Crippen LogP contribution is -2.12. The van der Waals surface area contributed by atoms with Crippen LogP contribution in [0.1, 0.15) is 30.1 Å². The standard InChI is InChI=1S/C11H15N3O3/c1-2-3-6-13-9-7-8(11(12)15)4-5-10(9)14(16)17/h4-5,7,13H,2-3,6H2,1H3,(H2,12,15). The second kappa shape index (κ2) is 5.83. The Morgan fingerprint density at radius 1 is 1.53 bits per heavy atom. The third-order valence-corrected chi connectivity index (χ3v) is 2.32. The lowest BCUT2D eigenvalue weighted by Gasteiger charge is -2.07. The summed E-state index contributed by atoms with van der Waals surface area (Å²) >= 11 is 0. The number of carbonyl (C=O) groups is 1. The van der Waals surface area contributed by atoms with Gasteiger partial charge in [0.1, 0.15) is 5.69 Å². The Hall–Kier alpha value is -2.11. The number of carbonyl (C=O) groups excluding carboxylic acids is 1. The smallest absolute Gasteiger partial charge is 0.292 e. The molecule has 0 heterocycles. The Labute approximate surface area is 99.0 Å². The molecule has 0 aliphatic heterocycles. The SMILES string of the molecule is CCCCNc1cc(C(N)=O)ccc1[N+](=O)[O-]. The van der Waals surface area contributed by atoms with E-state index in [0.717, 1.165) is 12.8 Å². The maximum absolute atomic E-state index is 11.0. The number of nitrogens with two attached hydrogens (primary N) is 1. The van der Waals surface area contributed by atoms with Gasteiger partial charge in [-0.1, -0.05) is 13.3 Å². The molecule has 0 unspecified atom stereocenters. The van der Waals surface area contributed by atoms with E-state index in [1.54, 1.807) is 0 Å². The predicted octanol–water partition coefficient (Wildman–Crippen LogP) is 1.91. The first-order valence-electron chi connectivity index (χ1n) is 5.38. The molecule has 92 valence electrons. The van der Waals surface area contributed by atoms with E-state index < -0.39 is 10.8 Å². The molecule has 0 atom stereocenters. The zero-order valence-corrected chi connectivity index (χ0v) is 9.60. The van der Waals surface area contributed by atoms with E-state index in [4.69, 9.17) is 5.73 Å². The number of primary amides is 1. The molecule has 0 saturated heterocycles. The van der Waals surface area contributed by atoms with Crippen LogP contribution in [0.5, 0.6) is 0 Å². The molecule has 0 spiro atoms. The second-order valence-electron chi connectivity index (χ2n) is 3.63. The van der Waals surface area contributed by atoms with Gasteiger partial charge in [0, 0.05) is 18.2 Å². The Morgan fingerprint density at radius 3 is 2.76 bits per heavy atom. The maximum Gasteiger partial charge on any atom is 0.292 e. The van der Waals surface area contributed by atoms with Crippen LogP contribution >= 0.6 is 0 Å². The van der Waals surface area contributed by atoms with Gasteiger partial charge < -0.3 is 11.1 Å². The summed E-state index contributed by atoms with van der Waals surface area (Å²) in [6.45, 7) is 2.65. The van der Waals surface area contributed by atoms with Crippen LogP contribution in [0.2, 0.25) is 0 Å². The molecule has 6 heteroatoms. The molecule has 1 rings (SSSR count). The van der Waals surface area contributed by atoms with Crippen LogP contribution in [0.4, 0.5) is 11.4 Å². The molecule has 1 aromatic rings. The highest BCUT2D eigenvalue weighted by atomic mass is 16.6. The summed E-state index contributed by atoms with van der Waals surface area (Å²) in [5.41, 5.74) is 5.67. The first kappa shape index (κ1) is 13.0. The van der Waals surface area contributed by atoms with Gasteiger partial charge >= 0.3 is 0 Å². The Morgan fingerprint density at radius 2 is 2.24 bits per heavy atom. The Balaban J connectivity index is 2.98. The van der Waals surface area contributed by atoms with Gasteiger partial charge in [-0.2, -0.15) is 0 Å². The highest BCUT2D eigenvalue weighted by Crippen LogP contribution is 2.25. The zero-order chi connectivity index (χ0) is 12.8. The van der Waals surface area contributed by atoms with Crippen molar-refractivity contribution in [1.82, 2.24) is 0 Å². The summed E-state index contributed by atoms with van der Waals surface area (Å²) in [4.78, 5) is 21.3. The number of amides is 1. The molecular formula is C11H15N3O3. The van der Waals surface area contributed by atoms with E-state index in [1.165, 1.54) is 18.2 Å². The molecule has 3 N–H and O–H groups in total. The summed E-state index contributed by atoms with van der Waals surface area (Å²) in [7, 11) is 0. The zero-order valence-electron chi connectivity index (χ0n) is 9.60. The average molecular weight is 237 g/mol. The summed E-state index contributed by atoms with van der Waals surface area (Å²) in [6.07, 6.45) is 1.88. The van der Waals surface area contributed by atoms with Crippen LogP contribution in [-0.4, -0.2) is 17.4 Å². The Kier molecular flexibility index (Phi) is 4.45. The van der Waals surface area contributed by atoms with E-state index in [-0.39, 0.29) is 11.3 Å². The summed E-state index contributed by atoms with van der Waals surface area (Å²) in [5.74, 6) is -0.599. The van der Waals surface area contributed by atoms with Crippen molar-refractivity contribution >= 4 is 17.3 Å². The summed E-state index contributed by atoms with van der Waals surface area (Å²) in [6, 6.07) is 4.05. The van der Waals surface area contributed by atoms with Crippen LogP contribution in [0, 0.1) is 10.1 Å². The van der Waals surface area contributed by atoms with Crippen molar-refractivity contribution < 1.29 is 9.72 Å². The molecule has 0 aromatic heterocycles. The number of hydrogen-bond acceptors (Lipinski definition) is 4. The van der Waals surface area contributed by atoms with Crippen molar-refractivity contribution in [2.45, 2.75) is 19.8 Å². The number of nitro groups is 1. The lowest BCUT2D eigenvalue weighted by atomic mass is 10.1. The van der Waals surface area contributed by atoms with Crippen LogP contribution < -0.4 is 11.1 Å². The predicted molar refractivity (Wildman–Crippen MR) is 65.0 cm³/mol. The molecule has 0 bridgehead atoms. The number of hydrogen-bond donors (Lipinski definition) is 2. The third kappa shape index (κ3) is 3.44. The maximum atomic E-state index is 11.0. The minimum Gasteiger partial charge on any atom is -0.379 e. The van der Waals surface area contributed by atoms with Gasteiger partial charge in [0.15, 0.2) is 0 Å². The quantitative estimate of drug-likeness (QED) is 0.448. The monoisotopic (exact) mass is 237 g/mol. The molecule has 0 fully saturated rings. The van der Waals surface area contributed by atoms with Crippen molar-refractivity contribution in [3.63, 3.8) is 0 Å². The van der Waals surface area contributed by atoms with Crippen LogP contribution in [0.15, 0.2) is 18.2 Å². The fourth-order valence-corrected chi connectivity index (χ4v) is 1.39. The van der Waals surface area contributed by atoms with Crippen LogP contribution in [-0.2, 0) is 0 Å². The van der Waals surface area contributed by atoms with E-state index >= 15 is 0 Å². The number of benzene rings is 1. The molecule has 0 radical (unpaired) electrons. The van der Waals surface area contributed by atoms with Crippen LogP contribution in [0.3, 0.4) is 0 Å². The topological polar surface area (TPSA) is 98.3 Å². The van der Waals surface area contributed by atoms with Gasteiger partial charge in [-0.3, -0.25) is 14.9 Å². The minimum atomic E-state index is -0.599. The minimum absolute atomic E-state index is 0.0499. The van der Waals surface area contributed by atoms with Gasteiger partial charge in [-0.05, 0) is 18.6 Å². The van der Waals surface area contributed by atoms with Crippen molar-refractivity contribution in [2.75, 3.05) is 11.9 Å². The van der Waals surface area contributed by atoms with Crippen molar-refractivity contribution in [3.8, 4) is 0 Å². The molecule has 17 heavy (non-hydrogen) atoms. The second-order valence-corrected chi connectivity index (χ2v) is 3.63. The fourth-order valence-electron chi connectivity index (χ4n) is 1.39. The van der Waals surface area contributed by atoms with Crippen molar-refractivity contribution in [1.29, 1.82) is 0 Å². The lowest BCUT2D eigenvalue weighted by molar-refractivity contribution is -0.384. The van der Waals surface area contributed by atoms with Crippen LogP contribution in [0.25, 0.3) is 0 Å². The van der Waals surface area contributed by atoms with Gasteiger partial charge in [0.25, 0.3) is 5.69 Å². The van der Waals surface area contributed by atoms with Gasteiger partial charge in [0.05, 0.1) is 4.92 Å². The van der Waals surface area contributed by atoms with Gasteiger partial charge in [0.2, 0.25) is 5.91 Å². The van der Waals surface area contributed by atoms with Crippen molar-refractivity contribution in [2.24, 2.45) is 5.73 Å². The van der Waals surface area contributed by atoms with Gasteiger partial charge in [-0.15, -0.1) is 0 Å². The van der Waals surface area contributed by atoms with E-state index in [9.17, 15) is 14.9 Å². The number of anilines is 1. The molecule has 1 amide bonds. The molecule has 1 aromatic carbocycles. The number of unbranched alkanes of at least 4 members (excludes halogenated alkanes) is 1. The Bertz CT molecular complexity index is 432. The highest BCUT2D eigenvalue weighted by Gasteiger charge is 2.15. The molecule has 0 aliphatic rings. The largest absolute Gasteiger partial charge is 0.379 e. The molecule has 6 nitrogen and oxygen atoms in total. The molecule has 0 aliphatic carbocycles. The molecular weight excluding hydrogens is 222 g/mol. The van der Waals surface area contributed by atoms with Crippen molar-refractivity contribution in [3.05, 3.63) is 33.9 Å². The first-order valence-corrected chi connectivity index (χ1v) is 5.38. The average Bonchev–Trinajstić information content (AvgIpc) is 2.28. The highest BCUT2D eigenvalue weighted by molar-refractivity contribution is 5.94. The number of nitrogens with zero attached hydrogens (tertiary/aromatic N) is 1. The van der Waals surface area contributed by atoms with E-state index in [1.807, 2.05) is 6.92 Å². The first-order chi connectivity index (χ1) is 8.06. The van der Waals surface area contributed by atoms with E-state index in [0.29, 0.717) is 12.2 Å². The number of rotatable bonds is 6. The van der Waals surface area contributed by atoms with Gasteiger partial charge in [-0.25, -0.2) is 0 Å². The summed E-state index contributed by atoms with van der Waals surface area (Å²) < 4.78 is 0.